The second kappa shape index (κ2) is 8.82. The number of aliphatic carboxylic acids is 1. The molecule has 0 atom stereocenters. The van der Waals surface area contributed by atoms with Crippen molar-refractivity contribution >= 4 is 5.97 Å². The fraction of sp³-hybridized carbons (Fsp3) is 0.312. The number of ether oxygens (including phenoxy) is 1. The van der Waals surface area contributed by atoms with Crippen LogP contribution in [0.2, 0.25) is 0 Å². The van der Waals surface area contributed by atoms with Gasteiger partial charge in [0, 0.05) is 12.0 Å². The van der Waals surface area contributed by atoms with E-state index in [-0.39, 0.29) is 6.42 Å². The van der Waals surface area contributed by atoms with Gasteiger partial charge in [-0.25, -0.2) is 0 Å². The Balaban J connectivity index is 2.49. The van der Waals surface area contributed by atoms with E-state index in [4.69, 9.17) is 9.84 Å². The van der Waals surface area contributed by atoms with Crippen LogP contribution in [0.25, 0.3) is 0 Å². The van der Waals surface area contributed by atoms with Gasteiger partial charge in [0.2, 0.25) is 0 Å². The molecule has 0 aliphatic rings. The number of hydrogen-bond donors (Lipinski definition) is 1. The van der Waals surface area contributed by atoms with Crippen LogP contribution >= 0.6 is 0 Å². The highest BCUT2D eigenvalue weighted by Gasteiger charge is 1.98. The maximum absolute atomic E-state index is 10.4. The quantitative estimate of drug-likeness (QED) is 0.629. The van der Waals surface area contributed by atoms with Gasteiger partial charge in [0.05, 0.1) is 6.61 Å². The van der Waals surface area contributed by atoms with Crippen molar-refractivity contribution in [2.45, 2.75) is 26.2 Å². The number of rotatable bonds is 6. The van der Waals surface area contributed by atoms with Crippen LogP contribution in [-0.2, 0) is 4.79 Å². The molecule has 0 radical (unpaired) electrons. The molecule has 0 saturated heterocycles. The molecular weight excluding hydrogens is 240 g/mol. The van der Waals surface area contributed by atoms with Crippen molar-refractivity contribution in [1.82, 2.24) is 0 Å². The Hall–Kier alpha value is -2.21. The number of benzene rings is 1. The summed E-state index contributed by atoms with van der Waals surface area (Å²) < 4.78 is 5.48. The van der Waals surface area contributed by atoms with E-state index in [0.717, 1.165) is 17.7 Å². The molecule has 3 heteroatoms. The van der Waals surface area contributed by atoms with E-state index in [9.17, 15) is 4.79 Å². The van der Waals surface area contributed by atoms with Crippen molar-refractivity contribution in [1.29, 1.82) is 0 Å². The van der Waals surface area contributed by atoms with Crippen LogP contribution in [-0.4, -0.2) is 17.7 Å². The number of allylic oxidation sites excluding steroid dienone is 2. The largest absolute Gasteiger partial charge is 0.494 e. The topological polar surface area (TPSA) is 46.5 Å². The van der Waals surface area contributed by atoms with Gasteiger partial charge in [0.25, 0.3) is 0 Å². The van der Waals surface area contributed by atoms with Crippen molar-refractivity contribution in [2.24, 2.45) is 0 Å². The molecule has 0 unspecified atom stereocenters. The van der Waals surface area contributed by atoms with Crippen molar-refractivity contribution in [3.8, 4) is 17.6 Å². The zero-order chi connectivity index (χ0) is 13.9. The lowest BCUT2D eigenvalue weighted by Gasteiger charge is -2.05. The number of carboxylic acids is 1. The zero-order valence-corrected chi connectivity index (χ0v) is 11.1. The van der Waals surface area contributed by atoms with E-state index >= 15 is 0 Å². The Labute approximate surface area is 113 Å². The molecule has 0 saturated carbocycles. The zero-order valence-electron chi connectivity index (χ0n) is 11.1. The summed E-state index contributed by atoms with van der Waals surface area (Å²) in [5.41, 5.74) is 0.886. The highest BCUT2D eigenvalue weighted by atomic mass is 16.5. The summed E-state index contributed by atoms with van der Waals surface area (Å²) in [6.07, 6.45) is 5.44. The maximum atomic E-state index is 10.4. The molecule has 3 nitrogen and oxygen atoms in total. The summed E-state index contributed by atoms with van der Waals surface area (Å²) in [5.74, 6) is 5.88. The molecule has 0 bridgehead atoms. The predicted molar refractivity (Wildman–Crippen MR) is 75.1 cm³/mol. The van der Waals surface area contributed by atoms with Gasteiger partial charge in [0.1, 0.15) is 5.75 Å². The molecule has 1 aromatic carbocycles. The third-order valence-electron chi connectivity index (χ3n) is 2.29. The van der Waals surface area contributed by atoms with Gasteiger partial charge >= 0.3 is 5.97 Å². The van der Waals surface area contributed by atoms with Gasteiger partial charge < -0.3 is 9.84 Å². The van der Waals surface area contributed by atoms with Gasteiger partial charge in [-0.3, -0.25) is 4.79 Å². The van der Waals surface area contributed by atoms with Crippen molar-refractivity contribution in [2.75, 3.05) is 6.61 Å². The SMILES string of the molecule is CC/C=C/C#Cc1cccc(OCCCC(=O)O)c1. The van der Waals surface area contributed by atoms with Gasteiger partial charge in [-0.15, -0.1) is 0 Å². The van der Waals surface area contributed by atoms with E-state index in [1.165, 1.54) is 0 Å². The van der Waals surface area contributed by atoms with Crippen LogP contribution in [0.3, 0.4) is 0 Å². The first-order valence-electron chi connectivity index (χ1n) is 6.33. The van der Waals surface area contributed by atoms with Gasteiger partial charge in [-0.1, -0.05) is 30.9 Å². The number of carboxylic acid groups (broad SMARTS) is 1. The normalized spacial score (nSPS) is 9.95. The van der Waals surface area contributed by atoms with Crippen LogP contribution in [0.15, 0.2) is 36.4 Å². The fourth-order valence-electron chi connectivity index (χ4n) is 1.38. The van der Waals surface area contributed by atoms with Crippen LogP contribution in [0.4, 0.5) is 0 Å². The van der Waals surface area contributed by atoms with Crippen molar-refractivity contribution in [3.05, 3.63) is 42.0 Å². The summed E-state index contributed by atoms with van der Waals surface area (Å²) in [7, 11) is 0. The molecule has 1 rings (SSSR count). The first kappa shape index (κ1) is 14.8. The van der Waals surface area contributed by atoms with Gasteiger partial charge in [0.15, 0.2) is 0 Å². The third kappa shape index (κ3) is 6.95. The van der Waals surface area contributed by atoms with Crippen LogP contribution in [0.5, 0.6) is 5.75 Å². The average Bonchev–Trinajstić information content (AvgIpc) is 2.40. The molecule has 0 amide bonds. The Morgan fingerprint density at radius 2 is 2.32 bits per heavy atom. The van der Waals surface area contributed by atoms with E-state index in [2.05, 4.69) is 18.8 Å². The standard InChI is InChI=1S/C16H18O3/c1-2-3-4-5-8-14-9-6-10-15(13-14)19-12-7-11-16(17)18/h3-4,6,9-10,13H,2,7,11-12H2,1H3,(H,17,18)/b4-3+. The first-order valence-corrected chi connectivity index (χ1v) is 6.33. The molecule has 100 valence electrons. The van der Waals surface area contributed by atoms with Crippen LogP contribution < -0.4 is 4.74 Å². The fourth-order valence-corrected chi connectivity index (χ4v) is 1.38. The maximum Gasteiger partial charge on any atom is 0.303 e. The smallest absolute Gasteiger partial charge is 0.303 e. The van der Waals surface area contributed by atoms with E-state index in [1.807, 2.05) is 36.4 Å². The number of carbonyl (C=O) groups is 1. The molecular formula is C16H18O3. The molecule has 0 aliphatic carbocycles. The van der Waals surface area contributed by atoms with Crippen molar-refractivity contribution < 1.29 is 14.6 Å². The first-order chi connectivity index (χ1) is 9.22. The molecule has 1 N–H and O–H groups in total. The lowest BCUT2D eigenvalue weighted by Crippen LogP contribution is -2.02. The molecule has 19 heavy (non-hydrogen) atoms. The summed E-state index contributed by atoms with van der Waals surface area (Å²) >= 11 is 0. The summed E-state index contributed by atoms with van der Waals surface area (Å²) in [4.78, 5) is 10.4. The second-order valence-corrected chi connectivity index (χ2v) is 3.95. The lowest BCUT2D eigenvalue weighted by atomic mass is 10.2. The predicted octanol–water partition coefficient (Wildman–Crippen LogP) is 3.25. The summed E-state index contributed by atoms with van der Waals surface area (Å²) in [6, 6.07) is 7.48. The highest BCUT2D eigenvalue weighted by Crippen LogP contribution is 2.13. The molecule has 0 fully saturated rings. The lowest BCUT2D eigenvalue weighted by molar-refractivity contribution is -0.137. The number of hydrogen-bond acceptors (Lipinski definition) is 2. The molecule has 0 spiro atoms. The minimum atomic E-state index is -0.800. The minimum Gasteiger partial charge on any atom is -0.494 e. The van der Waals surface area contributed by atoms with E-state index < -0.39 is 5.97 Å². The Morgan fingerprint density at radius 3 is 3.05 bits per heavy atom. The Morgan fingerprint density at radius 1 is 1.47 bits per heavy atom. The molecule has 0 aliphatic heterocycles. The molecule has 1 aromatic rings. The Kier molecular flexibility index (Phi) is 6.89. The minimum absolute atomic E-state index is 0.126. The summed E-state index contributed by atoms with van der Waals surface area (Å²) in [5, 5.41) is 8.52. The summed E-state index contributed by atoms with van der Waals surface area (Å²) in [6.45, 7) is 2.46. The third-order valence-corrected chi connectivity index (χ3v) is 2.29. The van der Waals surface area contributed by atoms with Crippen LogP contribution in [0, 0.1) is 11.8 Å². The highest BCUT2D eigenvalue weighted by molar-refractivity contribution is 5.66. The average molecular weight is 258 g/mol. The van der Waals surface area contributed by atoms with E-state index in [0.29, 0.717) is 13.0 Å². The molecule has 0 aromatic heterocycles. The monoisotopic (exact) mass is 258 g/mol. The Bertz CT molecular complexity index is 492. The van der Waals surface area contributed by atoms with Crippen molar-refractivity contribution in [3.63, 3.8) is 0 Å². The second-order valence-electron chi connectivity index (χ2n) is 3.95. The van der Waals surface area contributed by atoms with E-state index in [1.54, 1.807) is 0 Å². The van der Waals surface area contributed by atoms with Crippen LogP contribution in [0.1, 0.15) is 31.7 Å². The van der Waals surface area contributed by atoms with Gasteiger partial charge in [-0.05, 0) is 37.1 Å². The molecule has 0 heterocycles. The van der Waals surface area contributed by atoms with Gasteiger partial charge in [-0.2, -0.15) is 0 Å².